The van der Waals surface area contributed by atoms with Crippen LogP contribution in [0.3, 0.4) is 0 Å². The number of benzene rings is 5. The van der Waals surface area contributed by atoms with Crippen LogP contribution in [0.25, 0.3) is 16.7 Å². The lowest BCUT2D eigenvalue weighted by Crippen LogP contribution is -2.36. The highest BCUT2D eigenvalue weighted by Gasteiger charge is 2.52. The molecule has 1 aliphatic heterocycles. The van der Waals surface area contributed by atoms with Crippen LogP contribution in [-0.2, 0) is 5.41 Å². The molecule has 0 amide bonds. The molecule has 0 bridgehead atoms. The van der Waals surface area contributed by atoms with E-state index < -0.39 is 5.41 Å². The van der Waals surface area contributed by atoms with E-state index in [1.807, 2.05) is 6.92 Å². The van der Waals surface area contributed by atoms with E-state index in [0.29, 0.717) is 0 Å². The van der Waals surface area contributed by atoms with Crippen molar-refractivity contribution in [3.63, 3.8) is 0 Å². The third-order valence-electron chi connectivity index (χ3n) is 8.01. The van der Waals surface area contributed by atoms with Crippen molar-refractivity contribution >= 4 is 22.6 Å². The molecule has 2 heteroatoms. The second-order valence-corrected chi connectivity index (χ2v) is 9.85. The first-order valence-electron chi connectivity index (χ1n) is 13.1. The monoisotopic (exact) mass is 488 g/mol. The first-order valence-corrected chi connectivity index (χ1v) is 13.1. The molecule has 0 saturated carbocycles. The first-order chi connectivity index (χ1) is 18.8. The minimum Gasteiger partial charge on any atom is -0.404 e. The molecule has 5 aromatic rings. The predicted octanol–water partition coefficient (Wildman–Crippen LogP) is 8.71. The Morgan fingerprint density at radius 1 is 0.632 bits per heavy atom. The number of hydrogen-bond acceptors (Lipinski definition) is 2. The van der Waals surface area contributed by atoms with Gasteiger partial charge in [0.2, 0.25) is 0 Å². The van der Waals surface area contributed by atoms with Crippen molar-refractivity contribution in [1.29, 1.82) is 0 Å². The Bertz CT molecular complexity index is 1700. The van der Waals surface area contributed by atoms with Crippen LogP contribution >= 0.6 is 0 Å². The van der Waals surface area contributed by atoms with E-state index in [9.17, 15) is 0 Å². The summed E-state index contributed by atoms with van der Waals surface area (Å²) in [6.45, 7) is 2.04. The highest BCUT2D eigenvalue weighted by Crippen LogP contribution is 2.64. The lowest BCUT2D eigenvalue weighted by atomic mass is 9.63. The topological polar surface area (TPSA) is 29.3 Å². The average Bonchev–Trinajstić information content (AvgIpc) is 3.28. The zero-order chi connectivity index (χ0) is 25.7. The molecule has 0 unspecified atom stereocenters. The normalized spacial score (nSPS) is 14.8. The van der Waals surface area contributed by atoms with E-state index in [-0.39, 0.29) is 0 Å². The smallest absolute Gasteiger partial charge is 0.0760 e. The van der Waals surface area contributed by atoms with E-state index in [1.54, 1.807) is 6.20 Å². The van der Waals surface area contributed by atoms with Gasteiger partial charge >= 0.3 is 0 Å². The third-order valence-corrected chi connectivity index (χ3v) is 8.01. The van der Waals surface area contributed by atoms with Gasteiger partial charge in [-0.05, 0) is 75.7 Å². The number of fused-ring (bicyclic) bond motifs is 9. The summed E-state index contributed by atoms with van der Waals surface area (Å²) in [7, 11) is 0. The van der Waals surface area contributed by atoms with Gasteiger partial charge in [0.15, 0.2) is 0 Å². The van der Waals surface area contributed by atoms with Crippen LogP contribution < -0.4 is 10.6 Å². The summed E-state index contributed by atoms with van der Waals surface area (Å²) in [6.07, 6.45) is 5.92. The highest BCUT2D eigenvalue weighted by atomic mass is 15.2. The molecule has 1 aliphatic carbocycles. The molecule has 0 atom stereocenters. The van der Waals surface area contributed by atoms with Crippen LogP contribution in [0, 0.1) is 0 Å². The first kappa shape index (κ1) is 22.4. The zero-order valence-corrected chi connectivity index (χ0v) is 21.3. The molecule has 1 heterocycles. The van der Waals surface area contributed by atoms with Gasteiger partial charge in [0.1, 0.15) is 0 Å². The Labute approximate surface area is 224 Å². The summed E-state index contributed by atoms with van der Waals surface area (Å²) >= 11 is 0. The van der Waals surface area contributed by atoms with Crippen molar-refractivity contribution in [3.05, 3.63) is 167 Å². The molecule has 5 aromatic carbocycles. The van der Waals surface area contributed by atoms with Crippen LogP contribution in [0.4, 0.5) is 17.1 Å². The number of allylic oxidation sites excluding steroid dienone is 3. The average molecular weight is 489 g/mol. The number of rotatable bonds is 3. The summed E-state index contributed by atoms with van der Waals surface area (Å²) in [4.78, 5) is 2.41. The standard InChI is InChI=1S/C36H28N2/c1-2-13-25(24-37)27-17-12-18-29-28-16-6-7-19-30(28)36(35(27)29)31-20-8-10-22-33(31)38(26-14-4-3-5-15-26)34-23-11-9-21-32(34)36/h2-24H,37H2,1H3/b13-2-,25-24+. The molecule has 7 rings (SSSR count). The fraction of sp³-hybridized carbons (Fsp3) is 0.0556. The minimum absolute atomic E-state index is 0.489. The number of hydrogen-bond donors (Lipinski definition) is 1. The number of anilines is 3. The Hall–Kier alpha value is -4.82. The largest absolute Gasteiger partial charge is 0.404 e. The lowest BCUT2D eigenvalue weighted by Gasteiger charge is -2.45. The van der Waals surface area contributed by atoms with Crippen LogP contribution in [0.1, 0.15) is 34.7 Å². The molecule has 0 aromatic heterocycles. The van der Waals surface area contributed by atoms with Crippen LogP contribution in [0.5, 0.6) is 0 Å². The van der Waals surface area contributed by atoms with Crippen molar-refractivity contribution < 1.29 is 0 Å². The van der Waals surface area contributed by atoms with Crippen molar-refractivity contribution in [2.75, 3.05) is 4.90 Å². The maximum absolute atomic E-state index is 6.27. The van der Waals surface area contributed by atoms with Gasteiger partial charge in [-0.25, -0.2) is 0 Å². The summed E-state index contributed by atoms with van der Waals surface area (Å²) < 4.78 is 0. The van der Waals surface area contributed by atoms with Gasteiger partial charge in [-0.1, -0.05) is 109 Å². The molecule has 38 heavy (non-hydrogen) atoms. The Morgan fingerprint density at radius 2 is 1.21 bits per heavy atom. The van der Waals surface area contributed by atoms with Gasteiger partial charge in [-0.2, -0.15) is 0 Å². The van der Waals surface area contributed by atoms with Gasteiger partial charge in [0.05, 0.1) is 16.8 Å². The fourth-order valence-corrected chi connectivity index (χ4v) is 6.68. The van der Waals surface area contributed by atoms with Gasteiger partial charge in [-0.3, -0.25) is 0 Å². The molecule has 2 aliphatic rings. The summed E-state index contributed by atoms with van der Waals surface area (Å²) in [5, 5.41) is 0. The SMILES string of the molecule is C/C=C\C(=C/N)c1cccc2c1C1(c3ccccc3-2)c2ccccc2N(c2ccccc2)c2ccccc21. The maximum atomic E-state index is 6.27. The molecular formula is C36H28N2. The quantitative estimate of drug-likeness (QED) is 0.252. The van der Waals surface area contributed by atoms with Gasteiger partial charge in [0.25, 0.3) is 0 Å². The molecule has 2 nitrogen and oxygen atoms in total. The summed E-state index contributed by atoms with van der Waals surface area (Å²) in [5.41, 5.74) is 19.2. The molecule has 2 N–H and O–H groups in total. The minimum atomic E-state index is -0.489. The van der Waals surface area contributed by atoms with Crippen molar-refractivity contribution in [2.24, 2.45) is 5.73 Å². The third kappa shape index (κ3) is 2.89. The second kappa shape index (κ2) is 8.64. The molecule has 0 fully saturated rings. The molecule has 0 saturated heterocycles. The van der Waals surface area contributed by atoms with E-state index in [2.05, 4.69) is 138 Å². The van der Waals surface area contributed by atoms with Crippen LogP contribution in [0.15, 0.2) is 140 Å². The number of nitrogens with zero attached hydrogens (tertiary/aromatic N) is 1. The van der Waals surface area contributed by atoms with E-state index in [0.717, 1.165) is 16.8 Å². The zero-order valence-electron chi connectivity index (χ0n) is 21.3. The Balaban J connectivity index is 1.68. The van der Waals surface area contributed by atoms with E-state index >= 15 is 0 Å². The van der Waals surface area contributed by atoms with Crippen molar-refractivity contribution in [2.45, 2.75) is 12.3 Å². The van der Waals surface area contributed by atoms with Crippen LogP contribution in [-0.4, -0.2) is 0 Å². The van der Waals surface area contributed by atoms with Crippen molar-refractivity contribution in [3.8, 4) is 11.1 Å². The predicted molar refractivity (Wildman–Crippen MR) is 159 cm³/mol. The highest BCUT2D eigenvalue weighted by molar-refractivity contribution is 5.98. The summed E-state index contributed by atoms with van der Waals surface area (Å²) in [5.74, 6) is 0. The molecule has 1 spiro atoms. The van der Waals surface area contributed by atoms with Crippen LogP contribution in [0.2, 0.25) is 0 Å². The lowest BCUT2D eigenvalue weighted by molar-refractivity contribution is 0.750. The fourth-order valence-electron chi connectivity index (χ4n) is 6.68. The van der Waals surface area contributed by atoms with Gasteiger partial charge < -0.3 is 10.6 Å². The van der Waals surface area contributed by atoms with E-state index in [4.69, 9.17) is 5.73 Å². The van der Waals surface area contributed by atoms with Crippen molar-refractivity contribution in [1.82, 2.24) is 0 Å². The molecular weight excluding hydrogens is 460 g/mol. The maximum Gasteiger partial charge on any atom is 0.0760 e. The second-order valence-electron chi connectivity index (χ2n) is 9.85. The van der Waals surface area contributed by atoms with E-state index in [1.165, 1.54) is 44.8 Å². The summed E-state index contributed by atoms with van der Waals surface area (Å²) in [6, 6.07) is 44.0. The van der Waals surface area contributed by atoms with Gasteiger partial charge in [0, 0.05) is 11.9 Å². The number of nitrogens with two attached hydrogens (primary N) is 1. The van der Waals surface area contributed by atoms with Gasteiger partial charge in [-0.15, -0.1) is 0 Å². The molecule has 0 radical (unpaired) electrons. The Kier molecular flexibility index (Phi) is 5.09. The number of para-hydroxylation sites is 3. The molecule has 182 valence electrons. The Morgan fingerprint density at radius 3 is 1.87 bits per heavy atom.